The molecule has 0 fully saturated rings. The van der Waals surface area contributed by atoms with E-state index in [1.807, 2.05) is 0 Å². The van der Waals surface area contributed by atoms with Crippen molar-refractivity contribution in [2.24, 2.45) is 0 Å². The van der Waals surface area contributed by atoms with E-state index >= 15 is 0 Å². The lowest BCUT2D eigenvalue weighted by Gasteiger charge is -2.05. The van der Waals surface area contributed by atoms with E-state index in [0.717, 1.165) is 0 Å². The van der Waals surface area contributed by atoms with Crippen LogP contribution in [0, 0.1) is 6.57 Å². The lowest BCUT2D eigenvalue weighted by molar-refractivity contribution is -0.0503. The Bertz CT molecular complexity index is 320. The molecule has 0 aliphatic rings. The van der Waals surface area contributed by atoms with Gasteiger partial charge < -0.3 is 9.58 Å². The van der Waals surface area contributed by atoms with Gasteiger partial charge >= 0.3 is 6.61 Å². The van der Waals surface area contributed by atoms with Crippen molar-refractivity contribution in [3.8, 4) is 5.75 Å². The number of halogens is 2. The van der Waals surface area contributed by atoms with Crippen molar-refractivity contribution in [3.05, 3.63) is 41.2 Å². The highest BCUT2D eigenvalue weighted by atomic mass is 19.3. The first-order valence-electron chi connectivity index (χ1n) is 3.60. The maximum Gasteiger partial charge on any atom is 0.387 e. The molecule has 13 heavy (non-hydrogen) atoms. The summed E-state index contributed by atoms with van der Waals surface area (Å²) in [6.45, 7) is 3.82. The minimum Gasteiger partial charge on any atom is -0.434 e. The van der Waals surface area contributed by atoms with Crippen LogP contribution in [-0.4, -0.2) is 6.61 Å². The zero-order chi connectivity index (χ0) is 9.68. The summed E-state index contributed by atoms with van der Waals surface area (Å²) in [5, 5.41) is 0. The van der Waals surface area contributed by atoms with Gasteiger partial charge in [-0.3, -0.25) is 0 Å². The maximum atomic E-state index is 11.8. The Labute approximate surface area is 74.6 Å². The monoisotopic (exact) mass is 183 g/mol. The van der Waals surface area contributed by atoms with Crippen LogP contribution in [0.1, 0.15) is 5.56 Å². The molecule has 0 radical (unpaired) electrons. The van der Waals surface area contributed by atoms with Gasteiger partial charge in [0.15, 0.2) is 0 Å². The first kappa shape index (κ1) is 9.46. The number of ether oxygens (including phenoxy) is 1. The first-order chi connectivity index (χ1) is 6.24. The van der Waals surface area contributed by atoms with Gasteiger partial charge in [0.2, 0.25) is 6.54 Å². The Hall–Kier alpha value is -1.63. The molecule has 0 N–H and O–H groups in total. The summed E-state index contributed by atoms with van der Waals surface area (Å²) in [4.78, 5) is 3.10. The summed E-state index contributed by atoms with van der Waals surface area (Å²) in [6.07, 6.45) is 0. The highest BCUT2D eigenvalue weighted by Gasteiger charge is 2.09. The van der Waals surface area contributed by atoms with Crippen LogP contribution in [0.2, 0.25) is 0 Å². The van der Waals surface area contributed by atoms with Crippen LogP contribution in [0.25, 0.3) is 4.85 Å². The predicted molar refractivity (Wildman–Crippen MR) is 43.4 cm³/mol. The van der Waals surface area contributed by atoms with Gasteiger partial charge in [-0.05, 0) is 12.1 Å². The molecule has 68 valence electrons. The molecule has 0 bridgehead atoms. The van der Waals surface area contributed by atoms with Crippen LogP contribution in [-0.2, 0) is 6.54 Å². The van der Waals surface area contributed by atoms with E-state index in [4.69, 9.17) is 6.57 Å². The van der Waals surface area contributed by atoms with Crippen molar-refractivity contribution in [3.63, 3.8) is 0 Å². The lowest BCUT2D eigenvalue weighted by atomic mass is 10.2. The molecule has 0 spiro atoms. The summed E-state index contributed by atoms with van der Waals surface area (Å²) in [5.41, 5.74) is 0.484. The normalized spacial score (nSPS) is 9.69. The van der Waals surface area contributed by atoms with Crippen molar-refractivity contribution in [1.29, 1.82) is 0 Å². The summed E-state index contributed by atoms with van der Waals surface area (Å²) in [6, 6.07) is 6.28. The first-order valence-corrected chi connectivity index (χ1v) is 3.60. The highest BCUT2D eigenvalue weighted by molar-refractivity contribution is 5.33. The average molecular weight is 183 g/mol. The molecule has 0 saturated heterocycles. The smallest absolute Gasteiger partial charge is 0.387 e. The molecule has 0 aromatic heterocycles. The molecule has 1 aromatic rings. The number of hydrogen-bond acceptors (Lipinski definition) is 1. The molecule has 0 atom stereocenters. The molecule has 1 rings (SSSR count). The Balaban J connectivity index is 2.85. The third-order valence-corrected chi connectivity index (χ3v) is 1.44. The molecule has 0 unspecified atom stereocenters. The number of rotatable bonds is 3. The van der Waals surface area contributed by atoms with Crippen molar-refractivity contribution in [2.45, 2.75) is 13.2 Å². The second-order valence-electron chi connectivity index (χ2n) is 2.30. The third-order valence-electron chi connectivity index (χ3n) is 1.44. The van der Waals surface area contributed by atoms with Crippen LogP contribution in [0.4, 0.5) is 8.78 Å². The van der Waals surface area contributed by atoms with E-state index in [0.29, 0.717) is 5.56 Å². The van der Waals surface area contributed by atoms with E-state index in [1.54, 1.807) is 18.2 Å². The van der Waals surface area contributed by atoms with Gasteiger partial charge in [0.25, 0.3) is 0 Å². The van der Waals surface area contributed by atoms with Crippen LogP contribution in [0.15, 0.2) is 24.3 Å². The summed E-state index contributed by atoms with van der Waals surface area (Å²) in [7, 11) is 0. The van der Waals surface area contributed by atoms with Crippen LogP contribution in [0.5, 0.6) is 5.75 Å². The predicted octanol–water partition coefficient (Wildman–Crippen LogP) is 2.71. The standard InChI is InChI=1S/C9H7F2NO/c1-12-6-7-4-2-3-5-8(7)13-9(10)11/h2-5,9H,6H2. The lowest BCUT2D eigenvalue weighted by Crippen LogP contribution is -2.03. The van der Waals surface area contributed by atoms with E-state index in [-0.39, 0.29) is 12.3 Å². The fraction of sp³-hybridized carbons (Fsp3) is 0.222. The average Bonchev–Trinajstić information content (AvgIpc) is 2.08. The molecule has 0 saturated carbocycles. The summed E-state index contributed by atoms with van der Waals surface area (Å²) < 4.78 is 27.9. The Morgan fingerprint density at radius 1 is 1.38 bits per heavy atom. The van der Waals surface area contributed by atoms with Crippen LogP contribution in [0.3, 0.4) is 0 Å². The van der Waals surface area contributed by atoms with E-state index in [2.05, 4.69) is 9.58 Å². The minimum absolute atomic E-state index is 0.0584. The van der Waals surface area contributed by atoms with Gasteiger partial charge in [-0.15, -0.1) is 0 Å². The van der Waals surface area contributed by atoms with Gasteiger partial charge in [-0.25, -0.2) is 6.57 Å². The maximum absolute atomic E-state index is 11.8. The molecule has 2 nitrogen and oxygen atoms in total. The summed E-state index contributed by atoms with van der Waals surface area (Å²) >= 11 is 0. The molecule has 0 aliphatic heterocycles. The van der Waals surface area contributed by atoms with Crippen molar-refractivity contribution in [1.82, 2.24) is 0 Å². The molecule has 4 heteroatoms. The molecule has 0 amide bonds. The minimum atomic E-state index is -2.84. The number of hydrogen-bond donors (Lipinski definition) is 0. The number of nitrogens with zero attached hydrogens (tertiary/aromatic N) is 1. The van der Waals surface area contributed by atoms with Gasteiger partial charge in [0.1, 0.15) is 5.75 Å². The van der Waals surface area contributed by atoms with Gasteiger partial charge in [0.05, 0.1) is 5.56 Å². The van der Waals surface area contributed by atoms with E-state index < -0.39 is 6.61 Å². The molecule has 0 aliphatic carbocycles. The zero-order valence-electron chi connectivity index (χ0n) is 6.71. The molecular formula is C9H7F2NO. The quantitative estimate of drug-likeness (QED) is 0.657. The van der Waals surface area contributed by atoms with Gasteiger partial charge in [-0.1, -0.05) is 12.1 Å². The molecule has 0 heterocycles. The number of para-hydroxylation sites is 1. The SMILES string of the molecule is [C-]#[N+]Cc1ccccc1OC(F)F. The fourth-order valence-corrected chi connectivity index (χ4v) is 0.931. The van der Waals surface area contributed by atoms with Crippen LogP contribution >= 0.6 is 0 Å². The zero-order valence-corrected chi connectivity index (χ0v) is 6.71. The van der Waals surface area contributed by atoms with Gasteiger partial charge in [0, 0.05) is 0 Å². The van der Waals surface area contributed by atoms with E-state index in [9.17, 15) is 8.78 Å². The highest BCUT2D eigenvalue weighted by Crippen LogP contribution is 2.20. The second kappa shape index (κ2) is 4.41. The van der Waals surface area contributed by atoms with Crippen molar-refractivity contribution < 1.29 is 13.5 Å². The number of benzene rings is 1. The van der Waals surface area contributed by atoms with Crippen LogP contribution < -0.4 is 4.74 Å². The second-order valence-corrected chi connectivity index (χ2v) is 2.30. The van der Waals surface area contributed by atoms with Gasteiger partial charge in [-0.2, -0.15) is 8.78 Å². The Morgan fingerprint density at radius 3 is 2.69 bits per heavy atom. The van der Waals surface area contributed by atoms with E-state index in [1.165, 1.54) is 6.07 Å². The Morgan fingerprint density at radius 2 is 2.08 bits per heavy atom. The summed E-state index contributed by atoms with van der Waals surface area (Å²) in [5.74, 6) is 0.0773. The molecular weight excluding hydrogens is 176 g/mol. The Kier molecular flexibility index (Phi) is 3.21. The fourth-order valence-electron chi connectivity index (χ4n) is 0.931. The number of alkyl halides is 2. The van der Waals surface area contributed by atoms with Crippen molar-refractivity contribution >= 4 is 0 Å². The third kappa shape index (κ3) is 2.71. The largest absolute Gasteiger partial charge is 0.434 e. The topological polar surface area (TPSA) is 13.6 Å². The van der Waals surface area contributed by atoms with Crippen molar-refractivity contribution in [2.75, 3.05) is 0 Å². The molecule has 1 aromatic carbocycles.